The number of unbranched alkanes of at least 4 members (excludes halogenated alkanes) is 3. The van der Waals surface area contributed by atoms with Crippen LogP contribution in [0.1, 0.15) is 39.0 Å². The highest BCUT2D eigenvalue weighted by molar-refractivity contribution is 5.76. The number of nitrogens with zero attached hydrogens (tertiary/aromatic N) is 2. The minimum atomic E-state index is 0.312. The van der Waals surface area contributed by atoms with Gasteiger partial charge in [0.2, 0.25) is 5.91 Å². The number of anilines is 2. The number of hydrogen-bond acceptors (Lipinski definition) is 3. The first kappa shape index (κ1) is 15.7. The summed E-state index contributed by atoms with van der Waals surface area (Å²) in [5, 5.41) is 0. The van der Waals surface area contributed by atoms with E-state index in [4.69, 9.17) is 5.73 Å². The zero-order chi connectivity index (χ0) is 15.1. The number of nitrogens with two attached hydrogens (primary N) is 1. The Morgan fingerprint density at radius 2 is 1.81 bits per heavy atom. The summed E-state index contributed by atoms with van der Waals surface area (Å²) in [6, 6.07) is 7.95. The lowest BCUT2D eigenvalue weighted by atomic mass is 10.1. The third-order valence-corrected chi connectivity index (χ3v) is 4.15. The number of nitrogen functional groups attached to an aromatic ring is 1. The van der Waals surface area contributed by atoms with E-state index in [2.05, 4.69) is 17.9 Å². The van der Waals surface area contributed by atoms with Crippen molar-refractivity contribution in [3.8, 4) is 0 Å². The smallest absolute Gasteiger partial charge is 0.222 e. The second-order valence-corrected chi connectivity index (χ2v) is 5.74. The van der Waals surface area contributed by atoms with E-state index < -0.39 is 0 Å². The molecule has 0 radical (unpaired) electrons. The van der Waals surface area contributed by atoms with Crippen molar-refractivity contribution >= 4 is 17.3 Å². The zero-order valence-corrected chi connectivity index (χ0v) is 13.1. The van der Waals surface area contributed by atoms with Crippen LogP contribution in [0.5, 0.6) is 0 Å². The van der Waals surface area contributed by atoms with E-state index >= 15 is 0 Å². The van der Waals surface area contributed by atoms with E-state index in [1.54, 1.807) is 0 Å². The molecule has 116 valence electrons. The van der Waals surface area contributed by atoms with Gasteiger partial charge in [-0.15, -0.1) is 0 Å². The standard InChI is InChI=1S/C17H27N3O/c1-2-3-4-5-10-17(21)20-13-11-19(12-14-20)16-9-7-6-8-15(16)18/h6-9H,2-5,10-14,18H2,1H3. The number of amides is 1. The average molecular weight is 289 g/mol. The molecule has 2 N–H and O–H groups in total. The molecule has 1 aromatic rings. The van der Waals surface area contributed by atoms with Gasteiger partial charge in [-0.25, -0.2) is 0 Å². The summed E-state index contributed by atoms with van der Waals surface area (Å²) in [7, 11) is 0. The van der Waals surface area contributed by atoms with Crippen LogP contribution in [0.4, 0.5) is 11.4 Å². The molecular formula is C17H27N3O. The summed E-state index contributed by atoms with van der Waals surface area (Å²) < 4.78 is 0. The Morgan fingerprint density at radius 3 is 2.48 bits per heavy atom. The van der Waals surface area contributed by atoms with Crippen LogP contribution in [0.15, 0.2) is 24.3 Å². The van der Waals surface area contributed by atoms with Gasteiger partial charge in [0.25, 0.3) is 0 Å². The van der Waals surface area contributed by atoms with Crippen molar-refractivity contribution in [1.29, 1.82) is 0 Å². The normalized spacial score (nSPS) is 15.3. The van der Waals surface area contributed by atoms with E-state index in [0.717, 1.165) is 44.0 Å². The molecule has 21 heavy (non-hydrogen) atoms. The van der Waals surface area contributed by atoms with Crippen molar-refractivity contribution in [2.24, 2.45) is 0 Å². The molecule has 1 aliphatic rings. The monoisotopic (exact) mass is 289 g/mol. The van der Waals surface area contributed by atoms with E-state index in [-0.39, 0.29) is 0 Å². The predicted molar refractivity (Wildman–Crippen MR) is 88.4 cm³/mol. The van der Waals surface area contributed by atoms with Gasteiger partial charge in [-0.2, -0.15) is 0 Å². The average Bonchev–Trinajstić information content (AvgIpc) is 2.52. The van der Waals surface area contributed by atoms with Gasteiger partial charge >= 0.3 is 0 Å². The molecule has 0 spiro atoms. The van der Waals surface area contributed by atoms with Gasteiger partial charge < -0.3 is 15.5 Å². The third kappa shape index (κ3) is 4.38. The summed E-state index contributed by atoms with van der Waals surface area (Å²) in [5.41, 5.74) is 7.92. The highest BCUT2D eigenvalue weighted by Gasteiger charge is 2.21. The topological polar surface area (TPSA) is 49.6 Å². The number of carbonyl (C=O) groups is 1. The van der Waals surface area contributed by atoms with Crippen molar-refractivity contribution < 1.29 is 4.79 Å². The minimum absolute atomic E-state index is 0.312. The molecule has 0 bridgehead atoms. The van der Waals surface area contributed by atoms with Crippen LogP contribution in [-0.2, 0) is 4.79 Å². The maximum absolute atomic E-state index is 12.2. The van der Waals surface area contributed by atoms with E-state index in [9.17, 15) is 4.79 Å². The Hall–Kier alpha value is -1.71. The van der Waals surface area contributed by atoms with Gasteiger partial charge in [0, 0.05) is 32.6 Å². The number of piperazine rings is 1. The highest BCUT2D eigenvalue weighted by atomic mass is 16.2. The summed E-state index contributed by atoms with van der Waals surface area (Å²) in [4.78, 5) is 16.4. The van der Waals surface area contributed by atoms with Crippen molar-refractivity contribution in [2.75, 3.05) is 36.8 Å². The largest absolute Gasteiger partial charge is 0.397 e. The molecule has 1 aromatic carbocycles. The predicted octanol–water partition coefficient (Wildman–Crippen LogP) is 2.89. The Morgan fingerprint density at radius 1 is 1.10 bits per heavy atom. The van der Waals surface area contributed by atoms with Crippen LogP contribution in [0.3, 0.4) is 0 Å². The fourth-order valence-corrected chi connectivity index (χ4v) is 2.83. The molecule has 1 saturated heterocycles. The molecule has 1 heterocycles. The number of carbonyl (C=O) groups excluding carboxylic acids is 1. The SMILES string of the molecule is CCCCCCC(=O)N1CCN(c2ccccc2N)CC1. The van der Waals surface area contributed by atoms with Gasteiger partial charge in [-0.05, 0) is 18.6 Å². The van der Waals surface area contributed by atoms with E-state index in [1.807, 2.05) is 23.1 Å². The Labute approximate surface area is 127 Å². The Balaban J connectivity index is 1.78. The van der Waals surface area contributed by atoms with Gasteiger partial charge in [0.15, 0.2) is 0 Å². The van der Waals surface area contributed by atoms with Crippen LogP contribution >= 0.6 is 0 Å². The van der Waals surface area contributed by atoms with Gasteiger partial charge in [0.05, 0.1) is 11.4 Å². The lowest BCUT2D eigenvalue weighted by Gasteiger charge is -2.36. The number of benzene rings is 1. The first-order valence-corrected chi connectivity index (χ1v) is 8.09. The second-order valence-electron chi connectivity index (χ2n) is 5.74. The lowest BCUT2D eigenvalue weighted by Crippen LogP contribution is -2.48. The fourth-order valence-electron chi connectivity index (χ4n) is 2.83. The first-order chi connectivity index (χ1) is 10.2. The maximum atomic E-state index is 12.2. The fraction of sp³-hybridized carbons (Fsp3) is 0.588. The number of para-hydroxylation sites is 2. The molecule has 1 amide bonds. The van der Waals surface area contributed by atoms with Crippen molar-refractivity contribution in [3.63, 3.8) is 0 Å². The van der Waals surface area contributed by atoms with E-state index in [1.165, 1.54) is 19.3 Å². The van der Waals surface area contributed by atoms with Crippen LogP contribution in [0.2, 0.25) is 0 Å². The molecule has 4 heteroatoms. The molecule has 1 fully saturated rings. The van der Waals surface area contributed by atoms with Crippen LogP contribution in [0, 0.1) is 0 Å². The highest BCUT2D eigenvalue weighted by Crippen LogP contribution is 2.23. The molecule has 0 saturated carbocycles. The van der Waals surface area contributed by atoms with Crippen molar-refractivity contribution in [3.05, 3.63) is 24.3 Å². The molecule has 2 rings (SSSR count). The van der Waals surface area contributed by atoms with Crippen LogP contribution < -0.4 is 10.6 Å². The molecule has 0 unspecified atom stereocenters. The minimum Gasteiger partial charge on any atom is -0.397 e. The van der Waals surface area contributed by atoms with Crippen LogP contribution in [0.25, 0.3) is 0 Å². The summed E-state index contributed by atoms with van der Waals surface area (Å²) in [6.45, 7) is 5.54. The first-order valence-electron chi connectivity index (χ1n) is 8.09. The second kappa shape index (κ2) is 7.91. The quantitative estimate of drug-likeness (QED) is 0.647. The third-order valence-electron chi connectivity index (χ3n) is 4.15. The van der Waals surface area contributed by atoms with E-state index in [0.29, 0.717) is 12.3 Å². The van der Waals surface area contributed by atoms with Crippen molar-refractivity contribution in [2.45, 2.75) is 39.0 Å². The molecule has 4 nitrogen and oxygen atoms in total. The summed E-state index contributed by atoms with van der Waals surface area (Å²) in [5.74, 6) is 0.312. The molecule has 0 atom stereocenters. The maximum Gasteiger partial charge on any atom is 0.222 e. The summed E-state index contributed by atoms with van der Waals surface area (Å²) >= 11 is 0. The molecule has 0 aromatic heterocycles. The van der Waals surface area contributed by atoms with Crippen LogP contribution in [-0.4, -0.2) is 37.0 Å². The van der Waals surface area contributed by atoms with Gasteiger partial charge in [-0.3, -0.25) is 4.79 Å². The number of rotatable bonds is 6. The molecule has 0 aliphatic carbocycles. The molecular weight excluding hydrogens is 262 g/mol. The lowest BCUT2D eigenvalue weighted by molar-refractivity contribution is -0.131. The summed E-state index contributed by atoms with van der Waals surface area (Å²) in [6.07, 6.45) is 5.34. The molecule has 1 aliphatic heterocycles. The Kier molecular flexibility index (Phi) is 5.90. The Bertz CT molecular complexity index is 453. The van der Waals surface area contributed by atoms with Crippen molar-refractivity contribution in [1.82, 2.24) is 4.90 Å². The number of hydrogen-bond donors (Lipinski definition) is 1. The zero-order valence-electron chi connectivity index (χ0n) is 13.1. The van der Waals surface area contributed by atoms with Gasteiger partial charge in [-0.1, -0.05) is 38.3 Å². The van der Waals surface area contributed by atoms with Gasteiger partial charge in [0.1, 0.15) is 0 Å².